The lowest BCUT2D eigenvalue weighted by Crippen LogP contribution is -2.49. The number of carbonyl (C=O) groups excluding carboxylic acids is 2. The molecule has 3 aliphatic heterocycles. The Morgan fingerprint density at radius 2 is 1.74 bits per heavy atom. The Bertz CT molecular complexity index is 1270. The largest absolute Gasteiger partial charge is 0.368 e. The molecule has 0 aliphatic carbocycles. The highest BCUT2D eigenvalue weighted by Gasteiger charge is 2.35. The molecule has 2 aromatic carbocycles. The van der Waals surface area contributed by atoms with Gasteiger partial charge in [-0.25, -0.2) is 8.42 Å². The van der Waals surface area contributed by atoms with Crippen molar-refractivity contribution in [2.75, 3.05) is 54.2 Å². The Kier molecular flexibility index (Phi) is 6.21. The van der Waals surface area contributed by atoms with E-state index in [-0.39, 0.29) is 23.5 Å². The lowest BCUT2D eigenvalue weighted by atomic mass is 9.95. The zero-order valence-corrected chi connectivity index (χ0v) is 21.1. The third-order valence-corrected chi connectivity index (χ3v) is 9.19. The van der Waals surface area contributed by atoms with Gasteiger partial charge < -0.3 is 15.1 Å². The minimum atomic E-state index is -3.48. The van der Waals surface area contributed by atoms with E-state index in [0.717, 1.165) is 5.56 Å². The number of amides is 2. The summed E-state index contributed by atoms with van der Waals surface area (Å²) in [5.74, 6) is -0.459. The second kappa shape index (κ2) is 9.18. The third kappa shape index (κ3) is 4.49. The first-order chi connectivity index (χ1) is 16.7. The van der Waals surface area contributed by atoms with Gasteiger partial charge in [-0.3, -0.25) is 13.9 Å². The summed E-state index contributed by atoms with van der Waals surface area (Å²) in [7, 11) is -3.48. The number of piperazine rings is 1. The Morgan fingerprint density at radius 3 is 2.37 bits per heavy atom. The number of nitrogens with one attached hydrogen (secondary N) is 1. The zero-order chi connectivity index (χ0) is 24.7. The smallest absolute Gasteiger partial charge is 0.256 e. The SMILES string of the molecule is Cc1ccc(N2CCN(C(=O)c3ccc(C4CCNC4=O)cc3N3CCCS3(=O)=O)CC2)c(C)c1. The number of rotatable bonds is 4. The van der Waals surface area contributed by atoms with Crippen molar-refractivity contribution in [2.24, 2.45) is 0 Å². The molecule has 0 bridgehead atoms. The van der Waals surface area contributed by atoms with Crippen molar-refractivity contribution in [3.8, 4) is 0 Å². The molecule has 3 saturated heterocycles. The van der Waals surface area contributed by atoms with Crippen molar-refractivity contribution in [2.45, 2.75) is 32.6 Å². The Labute approximate surface area is 206 Å². The Hall–Kier alpha value is -3.07. The molecule has 0 spiro atoms. The van der Waals surface area contributed by atoms with Crippen LogP contribution in [-0.2, 0) is 14.8 Å². The van der Waals surface area contributed by atoms with E-state index >= 15 is 0 Å². The number of benzene rings is 2. The van der Waals surface area contributed by atoms with Crippen LogP contribution in [0.3, 0.4) is 0 Å². The van der Waals surface area contributed by atoms with E-state index < -0.39 is 10.0 Å². The normalized spacial score (nSPS) is 21.9. The van der Waals surface area contributed by atoms with Gasteiger partial charge in [0.25, 0.3) is 5.91 Å². The van der Waals surface area contributed by atoms with Crippen LogP contribution in [0.15, 0.2) is 36.4 Å². The van der Waals surface area contributed by atoms with Crippen molar-refractivity contribution >= 4 is 33.2 Å². The second-order valence-electron chi connectivity index (χ2n) is 9.72. The molecule has 2 amide bonds. The van der Waals surface area contributed by atoms with Crippen LogP contribution in [0.2, 0.25) is 0 Å². The van der Waals surface area contributed by atoms with Crippen LogP contribution in [0.4, 0.5) is 11.4 Å². The van der Waals surface area contributed by atoms with Gasteiger partial charge in [-0.15, -0.1) is 0 Å². The van der Waals surface area contributed by atoms with E-state index in [4.69, 9.17) is 0 Å². The van der Waals surface area contributed by atoms with Gasteiger partial charge in [0.1, 0.15) is 0 Å². The highest BCUT2D eigenvalue weighted by molar-refractivity contribution is 7.93. The number of aryl methyl sites for hydroxylation is 2. The number of nitrogens with zero attached hydrogens (tertiary/aromatic N) is 3. The fourth-order valence-electron chi connectivity index (χ4n) is 5.46. The molecule has 0 saturated carbocycles. The van der Waals surface area contributed by atoms with Gasteiger partial charge in [0.2, 0.25) is 15.9 Å². The number of anilines is 2. The highest BCUT2D eigenvalue weighted by Crippen LogP contribution is 2.34. The van der Waals surface area contributed by atoms with Gasteiger partial charge in [0, 0.05) is 45.0 Å². The van der Waals surface area contributed by atoms with Crippen LogP contribution >= 0.6 is 0 Å². The van der Waals surface area contributed by atoms with Crippen LogP contribution in [0.25, 0.3) is 0 Å². The summed E-state index contributed by atoms with van der Waals surface area (Å²) in [6.45, 7) is 7.69. The van der Waals surface area contributed by atoms with Gasteiger partial charge in [0.05, 0.1) is 22.9 Å². The van der Waals surface area contributed by atoms with Crippen LogP contribution in [0.1, 0.15) is 45.8 Å². The van der Waals surface area contributed by atoms with E-state index in [1.807, 2.05) is 4.90 Å². The molecule has 0 aromatic heterocycles. The summed E-state index contributed by atoms with van der Waals surface area (Å²) in [6, 6.07) is 11.7. The van der Waals surface area contributed by atoms with Crippen molar-refractivity contribution in [1.29, 1.82) is 0 Å². The topological polar surface area (TPSA) is 90.0 Å². The van der Waals surface area contributed by atoms with Crippen LogP contribution in [-0.4, -0.2) is 70.2 Å². The number of hydrogen-bond acceptors (Lipinski definition) is 5. The molecule has 9 heteroatoms. The van der Waals surface area contributed by atoms with Crippen LogP contribution in [0.5, 0.6) is 0 Å². The predicted molar refractivity (Wildman–Crippen MR) is 137 cm³/mol. The summed E-state index contributed by atoms with van der Waals surface area (Å²) < 4.78 is 26.9. The molecule has 186 valence electrons. The van der Waals surface area contributed by atoms with Crippen LogP contribution < -0.4 is 14.5 Å². The van der Waals surface area contributed by atoms with Gasteiger partial charge in [-0.1, -0.05) is 23.8 Å². The first-order valence-electron chi connectivity index (χ1n) is 12.3. The summed E-state index contributed by atoms with van der Waals surface area (Å²) in [5.41, 5.74) is 5.18. The predicted octanol–water partition coefficient (Wildman–Crippen LogP) is 2.41. The first-order valence-corrected chi connectivity index (χ1v) is 13.9. The number of sulfonamides is 1. The standard InChI is InChI=1S/C26H32N4O4S/c1-18-4-7-23(19(2)16-18)28-11-13-29(14-12-28)26(32)22-6-5-20(21-8-9-27-25(21)31)17-24(22)30-10-3-15-35(30,33)34/h4-7,16-17,21H,3,8-15H2,1-2H3,(H,27,31). The quantitative estimate of drug-likeness (QED) is 0.702. The molecule has 5 rings (SSSR count). The van der Waals surface area contributed by atoms with E-state index in [9.17, 15) is 18.0 Å². The van der Waals surface area contributed by atoms with E-state index in [1.54, 1.807) is 18.2 Å². The fraction of sp³-hybridized carbons (Fsp3) is 0.462. The van der Waals surface area contributed by atoms with Crippen molar-refractivity contribution in [1.82, 2.24) is 10.2 Å². The van der Waals surface area contributed by atoms with Gasteiger partial charge in [-0.2, -0.15) is 0 Å². The molecule has 3 aliphatic rings. The van der Waals surface area contributed by atoms with Gasteiger partial charge >= 0.3 is 0 Å². The van der Waals surface area contributed by atoms with Crippen molar-refractivity contribution < 1.29 is 18.0 Å². The molecule has 3 fully saturated rings. The highest BCUT2D eigenvalue weighted by atomic mass is 32.2. The molecular formula is C26H32N4O4S. The summed E-state index contributed by atoms with van der Waals surface area (Å²) >= 11 is 0. The molecule has 35 heavy (non-hydrogen) atoms. The number of carbonyl (C=O) groups is 2. The molecule has 8 nitrogen and oxygen atoms in total. The summed E-state index contributed by atoms with van der Waals surface area (Å²) in [4.78, 5) is 30.0. The second-order valence-corrected chi connectivity index (χ2v) is 11.7. The maximum atomic E-state index is 13.6. The molecule has 3 heterocycles. The minimum Gasteiger partial charge on any atom is -0.368 e. The van der Waals surface area contributed by atoms with Gasteiger partial charge in [-0.05, 0) is 56.0 Å². The molecule has 1 N–H and O–H groups in total. The summed E-state index contributed by atoms with van der Waals surface area (Å²) in [6.07, 6.45) is 1.19. The van der Waals surface area contributed by atoms with Gasteiger partial charge in [0.15, 0.2) is 0 Å². The maximum Gasteiger partial charge on any atom is 0.256 e. The number of hydrogen-bond donors (Lipinski definition) is 1. The fourth-order valence-corrected chi connectivity index (χ4v) is 7.03. The molecule has 0 radical (unpaired) electrons. The zero-order valence-electron chi connectivity index (χ0n) is 20.3. The molecule has 1 atom stereocenters. The monoisotopic (exact) mass is 496 g/mol. The first kappa shape index (κ1) is 23.7. The third-order valence-electron chi connectivity index (χ3n) is 7.33. The molecule has 1 unspecified atom stereocenters. The lowest BCUT2D eigenvalue weighted by Gasteiger charge is -2.37. The minimum absolute atomic E-state index is 0.0539. The summed E-state index contributed by atoms with van der Waals surface area (Å²) in [5, 5.41) is 2.84. The molecular weight excluding hydrogens is 464 g/mol. The van der Waals surface area contributed by atoms with E-state index in [0.29, 0.717) is 63.4 Å². The van der Waals surface area contributed by atoms with E-state index in [2.05, 4.69) is 42.3 Å². The van der Waals surface area contributed by atoms with E-state index in [1.165, 1.54) is 21.1 Å². The van der Waals surface area contributed by atoms with Crippen molar-refractivity contribution in [3.63, 3.8) is 0 Å². The Morgan fingerprint density at radius 1 is 0.971 bits per heavy atom. The lowest BCUT2D eigenvalue weighted by molar-refractivity contribution is -0.120. The van der Waals surface area contributed by atoms with Crippen molar-refractivity contribution in [3.05, 3.63) is 58.7 Å². The average molecular weight is 497 g/mol. The molecule has 2 aromatic rings. The maximum absolute atomic E-state index is 13.6. The Balaban J connectivity index is 1.40. The average Bonchev–Trinajstić information content (AvgIpc) is 3.42. The van der Waals surface area contributed by atoms with Crippen LogP contribution in [0, 0.1) is 13.8 Å².